The van der Waals surface area contributed by atoms with Gasteiger partial charge in [0.25, 0.3) is 0 Å². The number of aryl methyl sites for hydroxylation is 1. The SMILES string of the molecule is Cn1cc(-c2cccc(NC(=O)[C@@H](NCCc3ccc(C#N)cc3)c3ccccc3)n2)cn1. The second-order valence-corrected chi connectivity index (χ2v) is 7.66. The van der Waals surface area contributed by atoms with E-state index in [1.807, 2.05) is 67.8 Å². The summed E-state index contributed by atoms with van der Waals surface area (Å²) < 4.78 is 1.71. The summed E-state index contributed by atoms with van der Waals surface area (Å²) in [5, 5.41) is 19.4. The van der Waals surface area contributed by atoms with Crippen LogP contribution in [-0.2, 0) is 18.3 Å². The van der Waals surface area contributed by atoms with Gasteiger partial charge in [0.05, 0.1) is 23.5 Å². The molecule has 0 fully saturated rings. The van der Waals surface area contributed by atoms with Crippen molar-refractivity contribution in [1.82, 2.24) is 20.1 Å². The zero-order valence-corrected chi connectivity index (χ0v) is 18.3. The first-order valence-corrected chi connectivity index (χ1v) is 10.7. The van der Waals surface area contributed by atoms with Gasteiger partial charge in [-0.25, -0.2) is 4.98 Å². The maximum atomic E-state index is 13.2. The van der Waals surface area contributed by atoms with E-state index in [9.17, 15) is 4.79 Å². The second kappa shape index (κ2) is 10.4. The molecule has 0 aliphatic carbocycles. The largest absolute Gasteiger partial charge is 0.309 e. The molecule has 2 aromatic carbocycles. The van der Waals surface area contributed by atoms with Crippen LogP contribution in [0.4, 0.5) is 5.82 Å². The number of nitrogens with zero attached hydrogens (tertiary/aromatic N) is 4. The minimum Gasteiger partial charge on any atom is -0.309 e. The van der Waals surface area contributed by atoms with Crippen LogP contribution in [0.2, 0.25) is 0 Å². The minimum atomic E-state index is -0.534. The Morgan fingerprint density at radius 3 is 2.55 bits per heavy atom. The van der Waals surface area contributed by atoms with Crippen LogP contribution in [0.15, 0.2) is 85.2 Å². The number of hydrogen-bond donors (Lipinski definition) is 2. The van der Waals surface area contributed by atoms with Gasteiger partial charge in [-0.3, -0.25) is 9.48 Å². The smallest absolute Gasteiger partial charge is 0.247 e. The number of nitrogens with one attached hydrogen (secondary N) is 2. The number of aromatic nitrogens is 3. The lowest BCUT2D eigenvalue weighted by Crippen LogP contribution is -2.34. The van der Waals surface area contributed by atoms with Gasteiger partial charge in [0.1, 0.15) is 11.9 Å². The van der Waals surface area contributed by atoms with Crippen LogP contribution in [0.25, 0.3) is 11.3 Å². The molecule has 1 atom stereocenters. The Morgan fingerprint density at radius 2 is 1.85 bits per heavy atom. The fourth-order valence-electron chi connectivity index (χ4n) is 3.53. The third-order valence-electron chi connectivity index (χ3n) is 5.24. The third kappa shape index (κ3) is 5.70. The van der Waals surface area contributed by atoms with Crippen molar-refractivity contribution in [1.29, 1.82) is 5.26 Å². The Bertz CT molecular complexity index is 1260. The Hall–Kier alpha value is -4.28. The van der Waals surface area contributed by atoms with E-state index in [0.717, 1.165) is 28.8 Å². The zero-order chi connectivity index (χ0) is 23.0. The van der Waals surface area contributed by atoms with Crippen molar-refractivity contribution >= 4 is 11.7 Å². The molecule has 7 nitrogen and oxygen atoms in total. The summed E-state index contributed by atoms with van der Waals surface area (Å²) in [5.41, 5.74) is 4.23. The molecule has 0 spiro atoms. The summed E-state index contributed by atoms with van der Waals surface area (Å²) in [5.74, 6) is 0.299. The molecule has 7 heteroatoms. The van der Waals surface area contributed by atoms with E-state index in [1.54, 1.807) is 29.1 Å². The van der Waals surface area contributed by atoms with Gasteiger partial charge in [-0.05, 0) is 41.8 Å². The average Bonchev–Trinajstić information content (AvgIpc) is 3.29. The van der Waals surface area contributed by atoms with Crippen LogP contribution in [0, 0.1) is 11.3 Å². The Kier molecular flexibility index (Phi) is 6.88. The maximum absolute atomic E-state index is 13.2. The van der Waals surface area contributed by atoms with Crippen molar-refractivity contribution < 1.29 is 4.79 Å². The third-order valence-corrected chi connectivity index (χ3v) is 5.24. The van der Waals surface area contributed by atoms with E-state index in [0.29, 0.717) is 17.9 Å². The van der Waals surface area contributed by atoms with Gasteiger partial charge in [0.2, 0.25) is 5.91 Å². The lowest BCUT2D eigenvalue weighted by molar-refractivity contribution is -0.118. The first-order chi connectivity index (χ1) is 16.1. The molecule has 0 bridgehead atoms. The molecule has 0 unspecified atom stereocenters. The first kappa shape index (κ1) is 21.9. The average molecular weight is 437 g/mol. The molecule has 0 aliphatic heterocycles. The molecule has 0 saturated carbocycles. The highest BCUT2D eigenvalue weighted by Gasteiger charge is 2.20. The summed E-state index contributed by atoms with van der Waals surface area (Å²) in [4.78, 5) is 17.8. The van der Waals surface area contributed by atoms with Crippen molar-refractivity contribution in [2.24, 2.45) is 7.05 Å². The molecule has 164 valence electrons. The molecule has 0 radical (unpaired) electrons. The lowest BCUT2D eigenvalue weighted by Gasteiger charge is -2.19. The predicted octanol–water partition coefficient (Wildman–Crippen LogP) is 3.87. The number of carbonyl (C=O) groups is 1. The fraction of sp³-hybridized carbons (Fsp3) is 0.154. The Balaban J connectivity index is 1.46. The number of rotatable bonds is 8. The highest BCUT2D eigenvalue weighted by molar-refractivity contribution is 5.95. The molecule has 2 heterocycles. The standard InChI is InChI=1S/C26H24N6O/c1-32-18-22(17-29-32)23-8-5-9-24(30-23)31-26(33)25(21-6-3-2-4-7-21)28-15-14-19-10-12-20(16-27)13-11-19/h2-13,17-18,25,28H,14-15H2,1H3,(H,30,31,33)/t25-/m0/s1. The summed E-state index contributed by atoms with van der Waals surface area (Å²) in [7, 11) is 1.85. The molecule has 4 aromatic rings. The molecular weight excluding hydrogens is 412 g/mol. The number of hydrogen-bond acceptors (Lipinski definition) is 5. The lowest BCUT2D eigenvalue weighted by atomic mass is 10.1. The summed E-state index contributed by atoms with van der Waals surface area (Å²) in [6.07, 6.45) is 4.36. The molecule has 4 rings (SSSR count). The molecule has 2 aromatic heterocycles. The van der Waals surface area contributed by atoms with Gasteiger partial charge < -0.3 is 10.6 Å². The van der Waals surface area contributed by atoms with Crippen LogP contribution in [0.5, 0.6) is 0 Å². The molecule has 2 N–H and O–H groups in total. The highest BCUT2D eigenvalue weighted by Crippen LogP contribution is 2.20. The normalized spacial score (nSPS) is 11.5. The summed E-state index contributed by atoms with van der Waals surface area (Å²) >= 11 is 0. The fourth-order valence-corrected chi connectivity index (χ4v) is 3.53. The van der Waals surface area contributed by atoms with Crippen LogP contribution in [-0.4, -0.2) is 27.2 Å². The highest BCUT2D eigenvalue weighted by atomic mass is 16.2. The Labute approximate surface area is 192 Å². The van der Waals surface area contributed by atoms with Gasteiger partial charge in [0, 0.05) is 25.4 Å². The monoisotopic (exact) mass is 436 g/mol. The van der Waals surface area contributed by atoms with Gasteiger partial charge in [-0.1, -0.05) is 48.5 Å². The van der Waals surface area contributed by atoms with Crippen LogP contribution >= 0.6 is 0 Å². The van der Waals surface area contributed by atoms with E-state index in [4.69, 9.17) is 5.26 Å². The number of carbonyl (C=O) groups excluding carboxylic acids is 1. The van der Waals surface area contributed by atoms with Gasteiger partial charge in [-0.2, -0.15) is 10.4 Å². The quantitative estimate of drug-likeness (QED) is 0.437. The van der Waals surface area contributed by atoms with E-state index in [2.05, 4.69) is 26.8 Å². The number of anilines is 1. The van der Waals surface area contributed by atoms with Crippen molar-refractivity contribution in [3.05, 3.63) is 102 Å². The Morgan fingerprint density at radius 1 is 1.06 bits per heavy atom. The molecule has 0 saturated heterocycles. The molecule has 0 aliphatic rings. The predicted molar refractivity (Wildman–Crippen MR) is 127 cm³/mol. The second-order valence-electron chi connectivity index (χ2n) is 7.66. The van der Waals surface area contributed by atoms with Crippen molar-refractivity contribution in [3.63, 3.8) is 0 Å². The van der Waals surface area contributed by atoms with E-state index in [1.165, 1.54) is 0 Å². The summed E-state index contributed by atoms with van der Waals surface area (Å²) in [6, 6.07) is 24.2. The van der Waals surface area contributed by atoms with Crippen molar-refractivity contribution in [3.8, 4) is 17.3 Å². The van der Waals surface area contributed by atoms with Crippen LogP contribution < -0.4 is 10.6 Å². The first-order valence-electron chi connectivity index (χ1n) is 10.7. The summed E-state index contributed by atoms with van der Waals surface area (Å²) in [6.45, 7) is 0.599. The number of amides is 1. The van der Waals surface area contributed by atoms with E-state index < -0.39 is 6.04 Å². The van der Waals surface area contributed by atoms with Crippen molar-refractivity contribution in [2.75, 3.05) is 11.9 Å². The number of pyridine rings is 1. The van der Waals surface area contributed by atoms with E-state index >= 15 is 0 Å². The minimum absolute atomic E-state index is 0.183. The molecular formula is C26H24N6O. The topological polar surface area (TPSA) is 95.6 Å². The molecule has 33 heavy (non-hydrogen) atoms. The van der Waals surface area contributed by atoms with Gasteiger partial charge in [-0.15, -0.1) is 0 Å². The van der Waals surface area contributed by atoms with Crippen LogP contribution in [0.1, 0.15) is 22.7 Å². The number of benzene rings is 2. The molecule has 1 amide bonds. The van der Waals surface area contributed by atoms with Gasteiger partial charge in [0.15, 0.2) is 0 Å². The van der Waals surface area contributed by atoms with E-state index in [-0.39, 0.29) is 5.91 Å². The maximum Gasteiger partial charge on any atom is 0.247 e. The van der Waals surface area contributed by atoms with Gasteiger partial charge >= 0.3 is 0 Å². The zero-order valence-electron chi connectivity index (χ0n) is 18.3. The van der Waals surface area contributed by atoms with Crippen molar-refractivity contribution in [2.45, 2.75) is 12.5 Å². The number of nitriles is 1. The van der Waals surface area contributed by atoms with Crippen LogP contribution in [0.3, 0.4) is 0 Å².